The van der Waals surface area contributed by atoms with E-state index in [4.69, 9.17) is 24.2 Å². The van der Waals surface area contributed by atoms with Gasteiger partial charge in [0, 0.05) is 155 Å². The average molecular weight is 1740 g/mol. The number of piperazine rings is 4. The SMILES string of the molecule is C[C@@H](O)[C@@H](C(=O)NO)N1CC2CN(c3ccc(C#Cc4ccccc4)cc3)CCN2C1=O.C[C@@H](O)[C@@H](C(=O)O)N1CC2CN(c3ccc(C#Cc4ccccc4)cc3)CCN2C1=O.C[C@@H](OC(C)(C)C)[C@@H](C(=O)OC(C)(C)C)N1CC2CN(c3ccc(C#Cc4ccccc4)cc3)CCN2C1=O.C[C@@H](OC(C)(C)C)[C@@H](C(=O)OC(C)(C)C)N1CC2CNCCN2C1=O. The number of urea groups is 4. The molecular weight excluding hydrogens is 1620 g/mol. The highest BCUT2D eigenvalue weighted by molar-refractivity contribution is 5.90. The number of rotatable bonds is 17. The van der Waals surface area contributed by atoms with Crippen molar-refractivity contribution in [3.05, 3.63) is 197 Å². The van der Waals surface area contributed by atoms with Crippen LogP contribution < -0.4 is 25.5 Å². The van der Waals surface area contributed by atoms with Crippen LogP contribution in [0.15, 0.2) is 164 Å². The highest BCUT2D eigenvalue weighted by atomic mass is 16.6. The Labute approximate surface area is 747 Å². The maximum Gasteiger partial charge on any atom is 0.332 e. The van der Waals surface area contributed by atoms with Gasteiger partial charge in [-0.1, -0.05) is 90.1 Å². The summed E-state index contributed by atoms with van der Waals surface area (Å²) in [5.41, 5.74) is 8.29. The van der Waals surface area contributed by atoms with Gasteiger partial charge in [-0.2, -0.15) is 0 Å². The lowest BCUT2D eigenvalue weighted by atomic mass is 10.1. The van der Waals surface area contributed by atoms with Crippen molar-refractivity contribution in [2.24, 2.45) is 0 Å². The van der Waals surface area contributed by atoms with Crippen LogP contribution >= 0.6 is 0 Å². The molecule has 4 unspecified atom stereocenters. The van der Waals surface area contributed by atoms with Crippen LogP contribution in [0, 0.1) is 35.5 Å². The molecule has 29 heteroatoms. The number of ether oxygens (including phenoxy) is 4. The van der Waals surface area contributed by atoms with Gasteiger partial charge in [-0.05, 0) is 220 Å². The van der Waals surface area contributed by atoms with Gasteiger partial charge in [0.05, 0.1) is 59.8 Å². The number of anilines is 3. The number of aliphatic hydroxyl groups excluding tert-OH is 2. The number of carboxylic acids is 1. The standard InChI is InChI=1S/C32H41N3O4.C24H26N4O4.C24H25N3O4.C18H33N3O4/c1-23(38-31(2,3)4)28(29(36)39-32(5,6)7)35-22-27-21-33(19-20-34(27)30(35)37)26-17-15-25(16-18-26)14-13-24-11-9-8-10-12-24;1-17(29)22(23(30)25-32)28-16-21-15-26(13-14-27(21)24(28)31)20-11-9-19(10-12-20)8-7-18-5-3-2-4-6-18;1-17(28)22(23(29)30)27-16-21-15-25(13-14-26(21)24(27)31)20-11-9-19(10-12-20)8-7-18-5-3-2-4-6-18;1-12(24-17(2,3)4)14(15(22)25-18(5,6)7)21-11-13-10-19-8-9-20(13)16(21)23/h8-12,15-18,23,27-28H,19-22H2,1-7H3;2-6,9-12,17,21-22,29,32H,13-16H2,1H3,(H,25,30);2-6,9-12,17,21-22,28H,13-16H2,1H3,(H,29,30);12-14,19H,8-11H2,1-7H3/t23-,27?,28+;2*17-,21?,22+;12-,13?,14+/m1111/s1. The van der Waals surface area contributed by atoms with E-state index >= 15 is 0 Å². The molecule has 8 aliphatic rings. The number of hydroxylamine groups is 1. The summed E-state index contributed by atoms with van der Waals surface area (Å²) in [4.78, 5) is 122. The quantitative estimate of drug-likeness (QED) is 0.0214. The molecule has 0 aliphatic carbocycles. The second kappa shape index (κ2) is 41.7. The third-order valence-electron chi connectivity index (χ3n) is 22.6. The van der Waals surface area contributed by atoms with E-state index in [9.17, 15) is 53.7 Å². The zero-order chi connectivity index (χ0) is 92.0. The van der Waals surface area contributed by atoms with Crippen molar-refractivity contribution in [3.63, 3.8) is 0 Å². The van der Waals surface area contributed by atoms with E-state index in [1.165, 1.54) is 23.6 Å². The highest BCUT2D eigenvalue weighted by Gasteiger charge is 2.52. The number of hydrogen-bond donors (Lipinski definition) is 6. The Morgan fingerprint density at radius 3 is 0.913 bits per heavy atom. The molecule has 8 aliphatic heterocycles. The van der Waals surface area contributed by atoms with E-state index in [2.05, 4.69) is 67.7 Å². The largest absolute Gasteiger partial charge is 0.480 e. The number of aliphatic carboxylic acids is 1. The first-order valence-corrected chi connectivity index (χ1v) is 43.7. The first-order chi connectivity index (χ1) is 60.1. The van der Waals surface area contributed by atoms with Crippen molar-refractivity contribution in [2.75, 3.05) is 119 Å². The van der Waals surface area contributed by atoms with E-state index in [0.29, 0.717) is 78.5 Å². The molecule has 14 rings (SSSR count). The smallest absolute Gasteiger partial charge is 0.332 e. The van der Waals surface area contributed by atoms with Gasteiger partial charge in [-0.15, -0.1) is 0 Å². The lowest BCUT2D eigenvalue weighted by Crippen LogP contribution is -2.54. The number of carbonyl (C=O) groups is 8. The van der Waals surface area contributed by atoms with E-state index < -0.39 is 94.8 Å². The van der Waals surface area contributed by atoms with Crippen molar-refractivity contribution in [1.29, 1.82) is 0 Å². The summed E-state index contributed by atoms with van der Waals surface area (Å²) in [5.74, 6) is 16.2. The first kappa shape index (κ1) is 95.8. The maximum absolute atomic E-state index is 13.6. The van der Waals surface area contributed by atoms with Gasteiger partial charge in [0.1, 0.15) is 17.2 Å². The molecule has 127 heavy (non-hydrogen) atoms. The van der Waals surface area contributed by atoms with Crippen LogP contribution in [0.5, 0.6) is 0 Å². The number of hydrogen-bond acceptors (Lipinski definition) is 19. The normalized spacial score (nSPS) is 20.5. The van der Waals surface area contributed by atoms with Gasteiger partial charge in [-0.25, -0.2) is 39.0 Å². The number of amides is 9. The van der Waals surface area contributed by atoms with Crippen molar-refractivity contribution in [2.45, 2.75) is 206 Å². The fraction of sp³-hybridized carbons (Fsp3) is 0.490. The molecule has 8 saturated heterocycles. The minimum Gasteiger partial charge on any atom is -0.480 e. The molecule has 0 spiro atoms. The molecule has 8 heterocycles. The van der Waals surface area contributed by atoms with Crippen LogP contribution in [0.2, 0.25) is 0 Å². The van der Waals surface area contributed by atoms with Gasteiger partial charge >= 0.3 is 42.0 Å². The molecule has 6 N–H and O–H groups in total. The molecule has 0 radical (unpaired) electrons. The number of carbonyl (C=O) groups excluding carboxylic acids is 7. The number of nitrogens with zero attached hydrogens (tertiary/aromatic N) is 11. The molecule has 0 bridgehead atoms. The monoisotopic (exact) mass is 1740 g/mol. The predicted molar refractivity (Wildman–Crippen MR) is 485 cm³/mol. The second-order valence-electron chi connectivity index (χ2n) is 37.2. The van der Waals surface area contributed by atoms with Crippen molar-refractivity contribution >= 4 is 65.0 Å². The Kier molecular flexibility index (Phi) is 31.4. The summed E-state index contributed by atoms with van der Waals surface area (Å²) in [6, 6.07) is 48.9. The van der Waals surface area contributed by atoms with Crippen LogP contribution in [0.4, 0.5) is 36.2 Å². The minimum atomic E-state index is -1.23. The zero-order valence-electron chi connectivity index (χ0n) is 75.9. The van der Waals surface area contributed by atoms with Crippen molar-refractivity contribution in [3.8, 4) is 35.5 Å². The lowest BCUT2D eigenvalue weighted by Gasteiger charge is -2.37. The van der Waals surface area contributed by atoms with Gasteiger partial charge in [0.2, 0.25) is 0 Å². The van der Waals surface area contributed by atoms with Gasteiger partial charge < -0.3 is 93.5 Å². The average Bonchev–Trinajstić information content (AvgIpc) is 1.64. The molecular formula is C98H125N13O16. The van der Waals surface area contributed by atoms with Gasteiger partial charge in [0.25, 0.3) is 5.91 Å². The first-order valence-electron chi connectivity index (χ1n) is 43.7. The summed E-state index contributed by atoms with van der Waals surface area (Å²) < 4.78 is 23.5. The molecule has 9 amide bonds. The molecule has 12 atom stereocenters. The van der Waals surface area contributed by atoms with Gasteiger partial charge in [0.15, 0.2) is 18.1 Å². The Hall–Kier alpha value is -11.9. The summed E-state index contributed by atoms with van der Waals surface area (Å²) in [6.07, 6.45) is -3.23. The van der Waals surface area contributed by atoms with Crippen LogP contribution in [0.3, 0.4) is 0 Å². The minimum absolute atomic E-state index is 0.0319. The third-order valence-corrected chi connectivity index (χ3v) is 22.6. The molecule has 6 aromatic rings. The fourth-order valence-corrected chi connectivity index (χ4v) is 17.1. The summed E-state index contributed by atoms with van der Waals surface area (Å²) in [7, 11) is 0. The second-order valence-corrected chi connectivity index (χ2v) is 37.2. The topological polar surface area (TPSA) is 314 Å². The number of fused-ring (bicyclic) bond motifs is 4. The zero-order valence-corrected chi connectivity index (χ0v) is 75.9. The molecule has 29 nitrogen and oxygen atoms in total. The molecule has 8 fully saturated rings. The molecule has 0 aromatic heterocycles. The van der Waals surface area contributed by atoms with Crippen LogP contribution in [0.25, 0.3) is 0 Å². The summed E-state index contributed by atoms with van der Waals surface area (Å²) in [6.45, 7) is 38.5. The van der Waals surface area contributed by atoms with Crippen molar-refractivity contribution in [1.82, 2.24) is 50.0 Å². The molecule has 0 saturated carbocycles. The number of benzene rings is 6. The lowest BCUT2D eigenvalue weighted by molar-refractivity contribution is -0.170. The molecule has 678 valence electrons. The predicted octanol–water partition coefficient (Wildman–Crippen LogP) is 9.65. The van der Waals surface area contributed by atoms with E-state index in [-0.39, 0.29) is 54.8 Å². The van der Waals surface area contributed by atoms with Crippen LogP contribution in [-0.2, 0) is 38.1 Å². The fourth-order valence-electron chi connectivity index (χ4n) is 17.1. The van der Waals surface area contributed by atoms with Crippen LogP contribution in [-0.4, -0.2) is 308 Å². The van der Waals surface area contributed by atoms with E-state index in [0.717, 1.165) is 70.1 Å². The van der Waals surface area contributed by atoms with Gasteiger partial charge in [-0.3, -0.25) is 10.0 Å². The Bertz CT molecular complexity index is 4980. The maximum atomic E-state index is 13.6. The summed E-state index contributed by atoms with van der Waals surface area (Å²) >= 11 is 0. The number of esters is 2. The summed E-state index contributed by atoms with van der Waals surface area (Å²) in [5, 5.41) is 41.6. The van der Waals surface area contributed by atoms with E-state index in [1.807, 2.05) is 258 Å². The molecule has 6 aromatic carbocycles. The Morgan fingerprint density at radius 2 is 0.646 bits per heavy atom. The highest BCUT2D eigenvalue weighted by Crippen LogP contribution is 2.34. The number of carboxylic acid groups (broad SMARTS) is 1. The van der Waals surface area contributed by atoms with Crippen LogP contribution in [0.1, 0.15) is 144 Å². The number of nitrogens with one attached hydrogen (secondary N) is 2. The third kappa shape index (κ3) is 25.5. The van der Waals surface area contributed by atoms with Crippen molar-refractivity contribution < 1.29 is 77.8 Å². The number of aliphatic hydroxyl groups is 2. The Morgan fingerprint density at radius 1 is 0.370 bits per heavy atom. The Balaban J connectivity index is 0.000000166. The van der Waals surface area contributed by atoms with E-state index in [1.54, 1.807) is 25.1 Å².